The molecule has 0 saturated heterocycles. The van der Waals surface area contributed by atoms with Crippen molar-refractivity contribution in [2.75, 3.05) is 12.5 Å². The van der Waals surface area contributed by atoms with E-state index < -0.39 is 10.9 Å². The molecule has 0 aromatic heterocycles. The fourth-order valence-electron chi connectivity index (χ4n) is 2.78. The molecule has 0 spiro atoms. The Hall–Kier alpha value is -3.20. The summed E-state index contributed by atoms with van der Waals surface area (Å²) in [6.45, 7) is 5.69. The molecule has 0 aliphatic rings. The molecule has 160 valence electrons. The van der Waals surface area contributed by atoms with Crippen molar-refractivity contribution in [3.8, 4) is 5.75 Å². The van der Waals surface area contributed by atoms with Crippen molar-refractivity contribution in [1.29, 1.82) is 0 Å². The Balaban J connectivity index is 2.36. The quantitative estimate of drug-likeness (QED) is 0.269. The number of carbonyl (C=O) groups is 1. The molecule has 4 N–H and O–H groups in total. The van der Waals surface area contributed by atoms with Gasteiger partial charge in [0.1, 0.15) is 5.75 Å². The van der Waals surface area contributed by atoms with Crippen LogP contribution in [0.5, 0.6) is 5.75 Å². The summed E-state index contributed by atoms with van der Waals surface area (Å²) in [6.07, 6.45) is 2.30. The number of hydrogen-bond donors (Lipinski definition) is 4. The van der Waals surface area contributed by atoms with Gasteiger partial charge in [-0.3, -0.25) is 0 Å². The zero-order valence-electron chi connectivity index (χ0n) is 17.5. The Labute approximate surface area is 175 Å². The molecule has 2 rings (SSSR count). The largest absolute Gasteiger partial charge is 0.497 e. The first-order chi connectivity index (χ1) is 14.2. The van der Waals surface area contributed by atoms with Crippen LogP contribution in [0, 0.1) is 5.92 Å². The van der Waals surface area contributed by atoms with E-state index in [-0.39, 0.29) is 17.3 Å². The van der Waals surface area contributed by atoms with Crippen molar-refractivity contribution in [1.82, 2.24) is 0 Å². The number of nitrogens with zero attached hydrogens (tertiary/aromatic N) is 2. The van der Waals surface area contributed by atoms with Gasteiger partial charge in [0.05, 0.1) is 29.0 Å². The number of nitrogens with one attached hydrogen (secondary N) is 1. The number of hydroxylamine groups is 2. The van der Waals surface area contributed by atoms with Crippen LogP contribution in [-0.2, 0) is 0 Å². The van der Waals surface area contributed by atoms with Gasteiger partial charge in [0.2, 0.25) is 0 Å². The molecule has 2 aromatic carbocycles. The van der Waals surface area contributed by atoms with E-state index in [1.54, 1.807) is 14.0 Å². The Kier molecular flexibility index (Phi) is 7.71. The predicted octanol–water partition coefficient (Wildman–Crippen LogP) is 4.71. The van der Waals surface area contributed by atoms with Gasteiger partial charge < -0.3 is 9.84 Å². The van der Waals surface area contributed by atoms with Gasteiger partial charge in [-0.2, -0.15) is 10.4 Å². The minimum atomic E-state index is -1.70. The lowest BCUT2D eigenvalue weighted by atomic mass is 9.96. The third kappa shape index (κ3) is 5.66. The fraction of sp³-hybridized carbons (Fsp3) is 0.273. The number of rotatable bonds is 9. The maximum atomic E-state index is 11.0. The first-order valence-electron chi connectivity index (χ1n) is 9.57. The number of aromatic carboxylic acids is 1. The third-order valence-corrected chi connectivity index (χ3v) is 4.69. The molecule has 1 atom stereocenters. The summed E-state index contributed by atoms with van der Waals surface area (Å²) in [6, 6.07) is 13.0. The van der Waals surface area contributed by atoms with Crippen molar-refractivity contribution in [2.45, 2.75) is 27.2 Å². The molecule has 0 radical (unpaired) electrons. The number of methoxy groups -OCH3 is 1. The van der Waals surface area contributed by atoms with Crippen molar-refractivity contribution in [3.05, 3.63) is 71.6 Å². The number of benzene rings is 2. The lowest BCUT2D eigenvalue weighted by Crippen LogP contribution is -2.45. The van der Waals surface area contributed by atoms with E-state index in [0.717, 1.165) is 17.7 Å². The number of quaternary nitrogens is 1. The fourth-order valence-corrected chi connectivity index (χ4v) is 2.78. The van der Waals surface area contributed by atoms with Gasteiger partial charge >= 0.3 is 11.8 Å². The SMILES string of the molecule is C/C=C(\N=C(\c1ccc(OC)cc1)C(C)CC)[N+](O)(O)Nc1ccc(C(=O)O)cc1. The van der Waals surface area contributed by atoms with Gasteiger partial charge in [-0.15, -0.1) is 10.4 Å². The summed E-state index contributed by atoms with van der Waals surface area (Å²) < 4.78 is 5.20. The summed E-state index contributed by atoms with van der Waals surface area (Å²) in [4.78, 5) is 13.8. The summed E-state index contributed by atoms with van der Waals surface area (Å²) in [5, 5.41) is 30.2. The van der Waals surface area contributed by atoms with Crippen LogP contribution >= 0.6 is 0 Å². The number of anilines is 1. The summed E-state index contributed by atoms with van der Waals surface area (Å²) in [7, 11) is 1.59. The Morgan fingerprint density at radius 1 is 1.13 bits per heavy atom. The Morgan fingerprint density at radius 2 is 1.70 bits per heavy atom. The Bertz CT molecular complexity index is 919. The predicted molar refractivity (Wildman–Crippen MR) is 114 cm³/mol. The molecule has 0 aliphatic carbocycles. The molecule has 30 heavy (non-hydrogen) atoms. The van der Waals surface area contributed by atoms with Gasteiger partial charge in [-0.05, 0) is 73.4 Å². The van der Waals surface area contributed by atoms with E-state index in [0.29, 0.717) is 11.4 Å². The standard InChI is InChI=1S/C22H27N3O5/c1-5-15(3)21(16-9-13-19(30-4)14-10-16)23-20(6-2)25(28,29)24-18-11-7-17(8-12-18)22(26)27/h6-15,24,28-29H,5H2,1-4H3/p+1/b20-6+,23-21+. The molecular weight excluding hydrogens is 386 g/mol. The van der Waals surface area contributed by atoms with Crippen LogP contribution < -0.4 is 10.2 Å². The van der Waals surface area contributed by atoms with E-state index in [1.165, 1.54) is 30.3 Å². The lowest BCUT2D eigenvalue weighted by Gasteiger charge is -2.22. The molecule has 0 heterocycles. The zero-order chi connectivity index (χ0) is 22.3. The van der Waals surface area contributed by atoms with Crippen LogP contribution in [0.3, 0.4) is 0 Å². The lowest BCUT2D eigenvalue weighted by molar-refractivity contribution is -1.20. The molecule has 0 fully saturated rings. The number of aliphatic imine (C=N–C) groups is 1. The second-order valence-corrected chi connectivity index (χ2v) is 6.78. The van der Waals surface area contributed by atoms with Crippen molar-refractivity contribution in [2.24, 2.45) is 10.9 Å². The normalized spacial score (nSPS) is 13.7. The van der Waals surface area contributed by atoms with Gasteiger partial charge in [0.15, 0.2) is 0 Å². The third-order valence-electron chi connectivity index (χ3n) is 4.69. The smallest absolute Gasteiger partial charge is 0.335 e. The summed E-state index contributed by atoms with van der Waals surface area (Å²) >= 11 is 0. The second-order valence-electron chi connectivity index (χ2n) is 6.78. The minimum absolute atomic E-state index is 0.0385. The summed E-state index contributed by atoms with van der Waals surface area (Å²) in [5.74, 6) is -0.326. The number of allylic oxidation sites excluding steroid dienone is 1. The number of carboxylic acid groups (broad SMARTS) is 1. The maximum Gasteiger partial charge on any atom is 0.335 e. The second kappa shape index (κ2) is 10.0. The summed E-state index contributed by atoms with van der Waals surface area (Å²) in [5.41, 5.74) is 4.48. The molecule has 0 amide bonds. The van der Waals surface area contributed by atoms with Gasteiger partial charge in [-0.1, -0.05) is 13.8 Å². The Morgan fingerprint density at radius 3 is 2.17 bits per heavy atom. The molecule has 1 unspecified atom stereocenters. The average Bonchev–Trinajstić information content (AvgIpc) is 2.74. The molecule has 2 aromatic rings. The van der Waals surface area contributed by atoms with Gasteiger partial charge in [-0.25, -0.2) is 4.79 Å². The van der Waals surface area contributed by atoms with Gasteiger partial charge in [0.25, 0.3) is 0 Å². The van der Waals surface area contributed by atoms with Crippen LogP contribution in [0.25, 0.3) is 0 Å². The van der Waals surface area contributed by atoms with E-state index in [4.69, 9.17) is 9.84 Å². The number of hydrogen-bond acceptors (Lipinski definition) is 6. The highest BCUT2D eigenvalue weighted by atomic mass is 16.9. The molecule has 8 nitrogen and oxygen atoms in total. The van der Waals surface area contributed by atoms with Crippen molar-refractivity contribution >= 4 is 17.4 Å². The van der Waals surface area contributed by atoms with Crippen molar-refractivity contribution in [3.63, 3.8) is 0 Å². The monoisotopic (exact) mass is 414 g/mol. The van der Waals surface area contributed by atoms with Gasteiger partial charge in [0, 0.05) is 6.08 Å². The highest BCUT2D eigenvalue weighted by molar-refractivity contribution is 6.02. The molecule has 0 bridgehead atoms. The van der Waals surface area contributed by atoms with E-state index in [2.05, 4.69) is 10.4 Å². The van der Waals surface area contributed by atoms with Crippen LogP contribution in [0.2, 0.25) is 0 Å². The van der Waals surface area contributed by atoms with Crippen LogP contribution in [0.15, 0.2) is 65.4 Å². The number of ether oxygens (including phenoxy) is 1. The van der Waals surface area contributed by atoms with Crippen LogP contribution in [0.4, 0.5) is 5.69 Å². The van der Waals surface area contributed by atoms with Crippen LogP contribution in [-0.4, -0.2) is 39.2 Å². The zero-order valence-corrected chi connectivity index (χ0v) is 17.5. The molecule has 0 aliphatic heterocycles. The van der Waals surface area contributed by atoms with E-state index in [1.807, 2.05) is 38.1 Å². The van der Waals surface area contributed by atoms with E-state index >= 15 is 0 Å². The van der Waals surface area contributed by atoms with E-state index in [9.17, 15) is 15.2 Å². The number of carboxylic acids is 1. The molecular formula is C22H28N3O5+. The minimum Gasteiger partial charge on any atom is -0.497 e. The highest BCUT2D eigenvalue weighted by Gasteiger charge is 2.31. The topological polar surface area (TPSA) is 111 Å². The first-order valence-corrected chi connectivity index (χ1v) is 9.57. The molecule has 8 heteroatoms. The average molecular weight is 414 g/mol. The highest BCUT2D eigenvalue weighted by Crippen LogP contribution is 2.22. The first kappa shape index (κ1) is 23.1. The molecule has 0 saturated carbocycles. The maximum absolute atomic E-state index is 11.0. The van der Waals surface area contributed by atoms with Crippen LogP contribution in [0.1, 0.15) is 43.1 Å². The van der Waals surface area contributed by atoms with Crippen molar-refractivity contribution < 1.29 is 30.0 Å².